The van der Waals surface area contributed by atoms with E-state index in [0.717, 1.165) is 38.5 Å². The van der Waals surface area contributed by atoms with Crippen molar-refractivity contribution in [1.29, 1.82) is 0 Å². The van der Waals surface area contributed by atoms with Gasteiger partial charge in [-0.1, -0.05) is 335 Å². The van der Waals surface area contributed by atoms with Gasteiger partial charge in [0.1, 0.15) is 12.2 Å². The normalized spacial score (nSPS) is 13.6. The summed E-state index contributed by atoms with van der Waals surface area (Å²) in [4.78, 5) is 12.6. The Labute approximate surface area is 413 Å². The Morgan fingerprint density at radius 3 is 0.727 bits per heavy atom. The molecular weight excluding hydrogens is 815 g/mol. The van der Waals surface area contributed by atoms with Crippen LogP contribution in [0.3, 0.4) is 0 Å². The van der Waals surface area contributed by atoms with Gasteiger partial charge in [0, 0.05) is 0 Å². The first-order chi connectivity index (χ1) is 32.5. The minimum Gasteiger partial charge on any atom is -0.394 e. The Hall–Kier alpha value is -0.690. The van der Waals surface area contributed by atoms with Gasteiger partial charge in [0.25, 0.3) is 0 Å². The van der Waals surface area contributed by atoms with Crippen molar-refractivity contribution in [3.05, 3.63) is 0 Å². The van der Waals surface area contributed by atoms with Crippen LogP contribution in [0.25, 0.3) is 0 Å². The maximum Gasteiger partial charge on any atom is 0.249 e. The van der Waals surface area contributed by atoms with Crippen molar-refractivity contribution in [2.24, 2.45) is 0 Å². The summed E-state index contributed by atoms with van der Waals surface area (Å²) in [7, 11) is 0. The molecule has 4 atom stereocenters. The van der Waals surface area contributed by atoms with Gasteiger partial charge in [-0.3, -0.25) is 4.79 Å². The number of rotatable bonds is 57. The summed E-state index contributed by atoms with van der Waals surface area (Å²) in [6, 6.07) is -0.981. The first-order valence-electron chi connectivity index (χ1n) is 30.4. The summed E-state index contributed by atoms with van der Waals surface area (Å²) in [6.07, 6.45) is 64.7. The number of amides is 1. The van der Waals surface area contributed by atoms with Gasteiger partial charge < -0.3 is 25.7 Å². The molecule has 0 fully saturated rings. The van der Waals surface area contributed by atoms with Crippen molar-refractivity contribution in [1.82, 2.24) is 5.32 Å². The van der Waals surface area contributed by atoms with Crippen LogP contribution in [0.2, 0.25) is 0 Å². The standard InChI is InChI=1S/C60H121NO5/c1-3-5-7-9-11-13-15-17-19-21-23-25-27-29-31-33-35-37-39-41-43-45-47-49-51-53-57(63)59(65)56(55-62)61-60(66)58(64)54-52-50-48-46-44-42-40-38-36-34-32-30-28-26-24-22-20-18-16-14-12-10-8-6-4-2/h56-59,62-65H,3-55H2,1-2H3,(H,61,66). The van der Waals surface area contributed by atoms with Gasteiger partial charge in [0.05, 0.1) is 18.8 Å². The Bertz CT molecular complexity index is 917. The van der Waals surface area contributed by atoms with E-state index in [1.165, 1.54) is 283 Å². The molecule has 6 heteroatoms. The molecule has 0 aliphatic heterocycles. The van der Waals surface area contributed by atoms with Crippen LogP contribution in [0.4, 0.5) is 0 Å². The van der Waals surface area contributed by atoms with E-state index >= 15 is 0 Å². The van der Waals surface area contributed by atoms with Crippen molar-refractivity contribution in [3.63, 3.8) is 0 Å². The summed E-state index contributed by atoms with van der Waals surface area (Å²) in [5.41, 5.74) is 0. The second-order valence-electron chi connectivity index (χ2n) is 21.4. The molecule has 4 unspecified atom stereocenters. The molecule has 0 rings (SSSR count). The zero-order valence-corrected chi connectivity index (χ0v) is 45.0. The molecule has 0 bridgehead atoms. The molecule has 5 N–H and O–H groups in total. The fourth-order valence-corrected chi connectivity index (χ4v) is 10.1. The smallest absolute Gasteiger partial charge is 0.249 e. The van der Waals surface area contributed by atoms with E-state index in [1.807, 2.05) is 0 Å². The lowest BCUT2D eigenvalue weighted by atomic mass is 9.99. The topological polar surface area (TPSA) is 110 Å². The molecule has 0 aromatic rings. The number of hydrogen-bond donors (Lipinski definition) is 5. The second-order valence-corrected chi connectivity index (χ2v) is 21.4. The Morgan fingerprint density at radius 2 is 0.515 bits per heavy atom. The molecule has 0 aliphatic carbocycles. The van der Waals surface area contributed by atoms with E-state index in [-0.39, 0.29) is 0 Å². The van der Waals surface area contributed by atoms with Crippen molar-refractivity contribution < 1.29 is 25.2 Å². The second kappa shape index (κ2) is 55.2. The third-order valence-electron chi connectivity index (χ3n) is 14.8. The lowest BCUT2D eigenvalue weighted by molar-refractivity contribution is -0.132. The summed E-state index contributed by atoms with van der Waals surface area (Å²) in [5.74, 6) is -0.574. The Kier molecular flexibility index (Phi) is 54.7. The number of aliphatic hydroxyl groups is 4. The zero-order valence-electron chi connectivity index (χ0n) is 45.0. The highest BCUT2D eigenvalue weighted by Gasteiger charge is 2.28. The van der Waals surface area contributed by atoms with Crippen LogP contribution < -0.4 is 5.32 Å². The van der Waals surface area contributed by atoms with Crippen LogP contribution in [0.5, 0.6) is 0 Å². The van der Waals surface area contributed by atoms with Gasteiger partial charge in [0.15, 0.2) is 0 Å². The third-order valence-corrected chi connectivity index (χ3v) is 14.8. The van der Waals surface area contributed by atoms with Gasteiger partial charge in [-0.25, -0.2) is 0 Å². The first kappa shape index (κ1) is 65.3. The van der Waals surface area contributed by atoms with Crippen LogP contribution in [-0.2, 0) is 4.79 Å². The van der Waals surface area contributed by atoms with Crippen LogP contribution in [-0.4, -0.2) is 57.3 Å². The first-order valence-corrected chi connectivity index (χ1v) is 30.4. The summed E-state index contributed by atoms with van der Waals surface area (Å²) in [5, 5.41) is 44.1. The number of aliphatic hydroxyl groups excluding tert-OH is 4. The predicted molar refractivity (Wildman–Crippen MR) is 288 cm³/mol. The Morgan fingerprint density at radius 1 is 0.318 bits per heavy atom. The molecule has 0 saturated heterocycles. The average molecular weight is 937 g/mol. The highest BCUT2D eigenvalue weighted by molar-refractivity contribution is 5.80. The van der Waals surface area contributed by atoms with Crippen molar-refractivity contribution in [3.8, 4) is 0 Å². The highest BCUT2D eigenvalue weighted by atomic mass is 16.3. The van der Waals surface area contributed by atoms with Crippen LogP contribution in [0, 0.1) is 0 Å². The molecule has 0 aromatic heterocycles. The van der Waals surface area contributed by atoms with Crippen molar-refractivity contribution in [2.75, 3.05) is 6.61 Å². The summed E-state index contributed by atoms with van der Waals surface area (Å²) >= 11 is 0. The highest BCUT2D eigenvalue weighted by Crippen LogP contribution is 2.19. The minimum atomic E-state index is -1.26. The minimum absolute atomic E-state index is 0.376. The molecule has 0 heterocycles. The quantitative estimate of drug-likeness (QED) is 0.0390. The molecule has 0 saturated carbocycles. The van der Waals surface area contributed by atoms with Crippen molar-refractivity contribution >= 4 is 5.91 Å². The van der Waals surface area contributed by atoms with Gasteiger partial charge in [-0.05, 0) is 12.8 Å². The number of unbranched alkanes of at least 4 members (excludes halogenated alkanes) is 48. The van der Waals surface area contributed by atoms with E-state index in [2.05, 4.69) is 19.2 Å². The maximum absolute atomic E-state index is 12.6. The largest absolute Gasteiger partial charge is 0.394 e. The van der Waals surface area contributed by atoms with E-state index in [9.17, 15) is 25.2 Å². The zero-order chi connectivity index (χ0) is 48.1. The molecule has 0 radical (unpaired) electrons. The molecular formula is C60H121NO5. The van der Waals surface area contributed by atoms with Crippen molar-refractivity contribution in [2.45, 2.75) is 372 Å². The number of nitrogens with one attached hydrogen (secondary N) is 1. The number of hydrogen-bond acceptors (Lipinski definition) is 5. The summed E-state index contributed by atoms with van der Waals surface area (Å²) < 4.78 is 0. The fourth-order valence-electron chi connectivity index (χ4n) is 10.1. The lowest BCUT2D eigenvalue weighted by Crippen LogP contribution is -2.53. The molecule has 0 aliphatic rings. The Balaban J connectivity index is 3.56. The van der Waals surface area contributed by atoms with Crippen LogP contribution >= 0.6 is 0 Å². The van der Waals surface area contributed by atoms with Gasteiger partial charge in [-0.2, -0.15) is 0 Å². The van der Waals surface area contributed by atoms with Crippen LogP contribution in [0.1, 0.15) is 348 Å². The van der Waals surface area contributed by atoms with Gasteiger partial charge in [-0.15, -0.1) is 0 Å². The molecule has 0 spiro atoms. The third kappa shape index (κ3) is 48.3. The molecule has 6 nitrogen and oxygen atoms in total. The van der Waals surface area contributed by atoms with Crippen LogP contribution in [0.15, 0.2) is 0 Å². The fraction of sp³-hybridized carbons (Fsp3) is 0.983. The molecule has 0 aromatic carbocycles. The molecule has 1 amide bonds. The van der Waals surface area contributed by atoms with Gasteiger partial charge >= 0.3 is 0 Å². The SMILES string of the molecule is CCCCCCCCCCCCCCCCCCCCCCCCCCCC(O)C(=O)NC(CO)C(O)C(O)CCCCCCCCCCCCCCCCCCCCCCCCCCC. The van der Waals surface area contributed by atoms with E-state index in [0.29, 0.717) is 12.8 Å². The number of carbonyl (C=O) groups excluding carboxylic acids is 1. The van der Waals surface area contributed by atoms with E-state index in [4.69, 9.17) is 0 Å². The lowest BCUT2D eigenvalue weighted by Gasteiger charge is -2.27. The molecule has 66 heavy (non-hydrogen) atoms. The summed E-state index contributed by atoms with van der Waals surface area (Å²) in [6.45, 7) is 4.11. The number of carbonyl (C=O) groups is 1. The average Bonchev–Trinajstić information content (AvgIpc) is 3.32. The predicted octanol–water partition coefficient (Wildman–Crippen LogP) is 17.9. The van der Waals surface area contributed by atoms with E-state index in [1.54, 1.807) is 0 Å². The van der Waals surface area contributed by atoms with E-state index < -0.39 is 36.9 Å². The maximum atomic E-state index is 12.6. The molecule has 396 valence electrons. The monoisotopic (exact) mass is 936 g/mol. The van der Waals surface area contributed by atoms with Gasteiger partial charge in [0.2, 0.25) is 5.91 Å².